The predicted octanol–water partition coefficient (Wildman–Crippen LogP) is 4.83. The summed E-state index contributed by atoms with van der Waals surface area (Å²) in [5, 5.41) is 10.1. The van der Waals surface area contributed by atoms with Gasteiger partial charge in [-0.3, -0.25) is 4.79 Å². The van der Waals surface area contributed by atoms with E-state index in [0.29, 0.717) is 17.6 Å². The van der Waals surface area contributed by atoms with Gasteiger partial charge in [-0.05, 0) is 93.0 Å². The van der Waals surface area contributed by atoms with Crippen LogP contribution in [0.5, 0.6) is 0 Å². The zero-order valence-electron chi connectivity index (χ0n) is 15.7. The Morgan fingerprint density at radius 3 is 2.54 bits per heavy atom. The molecule has 4 aliphatic rings. The van der Waals surface area contributed by atoms with Crippen molar-refractivity contribution in [2.75, 3.05) is 0 Å². The van der Waals surface area contributed by atoms with Gasteiger partial charge in [0.25, 0.3) is 0 Å². The minimum Gasteiger partial charge on any atom is -0.393 e. The molecule has 6 atom stereocenters. The van der Waals surface area contributed by atoms with E-state index in [9.17, 15) is 9.90 Å². The second kappa shape index (κ2) is 5.30. The van der Waals surface area contributed by atoms with Crippen molar-refractivity contribution in [2.24, 2.45) is 28.6 Å². The first-order valence-electron chi connectivity index (χ1n) is 9.86. The molecule has 0 bridgehead atoms. The van der Waals surface area contributed by atoms with Gasteiger partial charge < -0.3 is 5.11 Å². The van der Waals surface area contributed by atoms with Crippen molar-refractivity contribution < 1.29 is 9.90 Å². The first kappa shape index (κ1) is 16.6. The minimum absolute atomic E-state index is 0.104. The van der Waals surface area contributed by atoms with Crippen LogP contribution in [0.1, 0.15) is 72.6 Å². The lowest BCUT2D eigenvalue weighted by Gasteiger charge is -2.57. The van der Waals surface area contributed by atoms with Crippen LogP contribution in [0.3, 0.4) is 0 Å². The molecule has 0 aromatic heterocycles. The Kier molecular flexibility index (Phi) is 3.66. The Hall–Kier alpha value is -0.890. The summed E-state index contributed by atoms with van der Waals surface area (Å²) in [6.07, 6.45) is 9.99. The summed E-state index contributed by atoms with van der Waals surface area (Å²) >= 11 is 0. The van der Waals surface area contributed by atoms with Gasteiger partial charge in [-0.2, -0.15) is 0 Å². The molecule has 0 amide bonds. The van der Waals surface area contributed by atoms with E-state index in [4.69, 9.17) is 0 Å². The SMILES string of the molecule is CC(=O)C1=C(C)C[C@H]2[C@H]3CC=C4C[C@@H](O)CC[C@]4(C)[C@@H]3CC[C@]12C. The number of hydrogen-bond donors (Lipinski definition) is 1. The Labute approximate surface area is 146 Å². The zero-order chi connectivity index (χ0) is 17.3. The molecular weight excluding hydrogens is 296 g/mol. The van der Waals surface area contributed by atoms with Crippen molar-refractivity contribution in [3.8, 4) is 0 Å². The molecule has 0 spiro atoms. The number of allylic oxidation sites excluding steroid dienone is 3. The largest absolute Gasteiger partial charge is 0.393 e. The molecule has 0 aromatic carbocycles. The summed E-state index contributed by atoms with van der Waals surface area (Å²) < 4.78 is 0. The maximum absolute atomic E-state index is 12.3. The third-order valence-corrected chi connectivity index (χ3v) is 8.34. The molecule has 132 valence electrons. The van der Waals surface area contributed by atoms with E-state index in [1.54, 1.807) is 6.92 Å². The number of carbonyl (C=O) groups is 1. The smallest absolute Gasteiger partial charge is 0.156 e. The minimum atomic E-state index is -0.130. The highest BCUT2D eigenvalue weighted by molar-refractivity contribution is 5.96. The topological polar surface area (TPSA) is 37.3 Å². The first-order valence-corrected chi connectivity index (χ1v) is 9.86. The Balaban J connectivity index is 1.70. The van der Waals surface area contributed by atoms with E-state index < -0.39 is 0 Å². The average molecular weight is 328 g/mol. The molecule has 0 saturated heterocycles. The fourth-order valence-corrected chi connectivity index (χ4v) is 7.27. The normalized spacial score (nSPS) is 47.6. The quantitative estimate of drug-likeness (QED) is 0.700. The van der Waals surface area contributed by atoms with Crippen molar-refractivity contribution in [1.82, 2.24) is 0 Å². The van der Waals surface area contributed by atoms with E-state index in [1.807, 2.05) is 0 Å². The molecule has 4 rings (SSSR count). The van der Waals surface area contributed by atoms with Gasteiger partial charge in [-0.1, -0.05) is 31.1 Å². The van der Waals surface area contributed by atoms with Crippen LogP contribution in [0.2, 0.25) is 0 Å². The maximum Gasteiger partial charge on any atom is 0.156 e. The highest BCUT2D eigenvalue weighted by Crippen LogP contribution is 2.65. The van der Waals surface area contributed by atoms with Crippen LogP contribution in [-0.4, -0.2) is 17.0 Å². The van der Waals surface area contributed by atoms with Crippen molar-refractivity contribution >= 4 is 5.78 Å². The number of fused-ring (bicyclic) bond motifs is 5. The standard InChI is InChI=1S/C22H32O2/c1-13-11-19-17-6-5-15-12-16(24)7-9-21(15,3)18(17)8-10-22(19,4)20(13)14(2)23/h5,16-19,24H,6-12H2,1-4H3/t16-,17-,18+,19-,21-,22-/m0/s1. The molecule has 0 heterocycles. The number of ketones is 1. The Morgan fingerprint density at radius 1 is 1.12 bits per heavy atom. The second-order valence-electron chi connectivity index (χ2n) is 9.53. The number of carbonyl (C=O) groups excluding carboxylic acids is 1. The zero-order valence-corrected chi connectivity index (χ0v) is 15.7. The van der Waals surface area contributed by atoms with Crippen LogP contribution in [0.4, 0.5) is 0 Å². The van der Waals surface area contributed by atoms with Gasteiger partial charge >= 0.3 is 0 Å². The third kappa shape index (κ3) is 2.08. The summed E-state index contributed by atoms with van der Waals surface area (Å²) in [6, 6.07) is 0. The fraction of sp³-hybridized carbons (Fsp3) is 0.773. The molecule has 24 heavy (non-hydrogen) atoms. The molecule has 0 unspecified atom stereocenters. The molecule has 2 fully saturated rings. The van der Waals surface area contributed by atoms with E-state index >= 15 is 0 Å². The van der Waals surface area contributed by atoms with Gasteiger partial charge in [-0.15, -0.1) is 0 Å². The number of hydrogen-bond acceptors (Lipinski definition) is 2. The number of aliphatic hydroxyl groups excluding tert-OH is 1. The van der Waals surface area contributed by atoms with Crippen molar-refractivity contribution in [3.05, 3.63) is 22.8 Å². The van der Waals surface area contributed by atoms with E-state index in [2.05, 4.69) is 26.8 Å². The predicted molar refractivity (Wildman–Crippen MR) is 96.5 cm³/mol. The average Bonchev–Trinajstić information content (AvgIpc) is 2.78. The van der Waals surface area contributed by atoms with Crippen molar-refractivity contribution in [3.63, 3.8) is 0 Å². The molecule has 0 aliphatic heterocycles. The summed E-state index contributed by atoms with van der Waals surface area (Å²) in [5.41, 5.74) is 4.43. The summed E-state index contributed by atoms with van der Waals surface area (Å²) in [5.74, 6) is 2.38. The molecule has 0 radical (unpaired) electrons. The fourth-order valence-electron chi connectivity index (χ4n) is 7.27. The van der Waals surface area contributed by atoms with E-state index in [0.717, 1.165) is 50.0 Å². The highest BCUT2D eigenvalue weighted by Gasteiger charge is 2.58. The third-order valence-electron chi connectivity index (χ3n) is 8.34. The molecule has 1 N–H and O–H groups in total. The van der Waals surface area contributed by atoms with Gasteiger partial charge in [0.05, 0.1) is 6.10 Å². The number of rotatable bonds is 1. The Morgan fingerprint density at radius 2 is 1.83 bits per heavy atom. The van der Waals surface area contributed by atoms with Crippen LogP contribution >= 0.6 is 0 Å². The van der Waals surface area contributed by atoms with Gasteiger partial charge in [0.15, 0.2) is 5.78 Å². The second-order valence-corrected chi connectivity index (χ2v) is 9.53. The maximum atomic E-state index is 12.3. The molecule has 2 nitrogen and oxygen atoms in total. The van der Waals surface area contributed by atoms with Gasteiger partial charge in [-0.25, -0.2) is 0 Å². The monoisotopic (exact) mass is 328 g/mol. The number of Topliss-reactive ketones (excluding diaryl/α,β-unsaturated/α-hetero) is 1. The molecule has 0 aromatic rings. The van der Waals surface area contributed by atoms with E-state index in [1.165, 1.54) is 17.6 Å². The van der Waals surface area contributed by atoms with Crippen LogP contribution < -0.4 is 0 Å². The molecule has 4 aliphatic carbocycles. The number of aliphatic hydroxyl groups is 1. The van der Waals surface area contributed by atoms with Gasteiger partial charge in [0, 0.05) is 0 Å². The highest BCUT2D eigenvalue weighted by atomic mass is 16.3. The van der Waals surface area contributed by atoms with Crippen LogP contribution in [0, 0.1) is 28.6 Å². The summed E-state index contributed by atoms with van der Waals surface area (Å²) in [7, 11) is 0. The lowest BCUT2D eigenvalue weighted by atomic mass is 9.47. The van der Waals surface area contributed by atoms with E-state index in [-0.39, 0.29) is 16.9 Å². The van der Waals surface area contributed by atoms with Crippen LogP contribution in [0.15, 0.2) is 22.8 Å². The van der Waals surface area contributed by atoms with Crippen molar-refractivity contribution in [1.29, 1.82) is 0 Å². The molecular formula is C22H32O2. The van der Waals surface area contributed by atoms with Crippen LogP contribution in [0.25, 0.3) is 0 Å². The molecule has 2 heteroatoms. The van der Waals surface area contributed by atoms with Gasteiger partial charge in [0.2, 0.25) is 0 Å². The summed E-state index contributed by atoms with van der Waals surface area (Å²) in [4.78, 5) is 12.3. The first-order chi connectivity index (χ1) is 11.3. The lowest BCUT2D eigenvalue weighted by molar-refractivity contribution is -0.115. The molecule has 2 saturated carbocycles. The summed E-state index contributed by atoms with van der Waals surface area (Å²) in [6.45, 7) is 8.79. The van der Waals surface area contributed by atoms with Crippen molar-refractivity contribution in [2.45, 2.75) is 78.7 Å². The van der Waals surface area contributed by atoms with Gasteiger partial charge in [0.1, 0.15) is 0 Å². The Bertz CT molecular complexity index is 642. The lowest BCUT2D eigenvalue weighted by Crippen LogP contribution is -2.50. The van der Waals surface area contributed by atoms with Crippen LogP contribution in [-0.2, 0) is 4.79 Å².